The number of aromatic amines is 1. The van der Waals surface area contributed by atoms with Crippen molar-refractivity contribution in [3.05, 3.63) is 59.9 Å². The zero-order valence-corrected chi connectivity index (χ0v) is 14.8. The number of carbonyl (C=O) groups is 1. The lowest BCUT2D eigenvalue weighted by atomic mass is 9.86. The number of aldehydes is 1. The van der Waals surface area contributed by atoms with Crippen molar-refractivity contribution in [2.45, 2.75) is 25.2 Å². The number of para-hydroxylation sites is 1. The van der Waals surface area contributed by atoms with E-state index in [0.717, 1.165) is 65.3 Å². The monoisotopic (exact) mass is 346 g/mol. The van der Waals surface area contributed by atoms with Crippen molar-refractivity contribution in [2.75, 3.05) is 17.7 Å². The first-order chi connectivity index (χ1) is 12.8. The van der Waals surface area contributed by atoms with Gasteiger partial charge in [-0.3, -0.25) is 0 Å². The summed E-state index contributed by atoms with van der Waals surface area (Å²) in [5.41, 5.74) is 6.32. The van der Waals surface area contributed by atoms with Gasteiger partial charge in [-0.1, -0.05) is 18.2 Å². The lowest BCUT2D eigenvalue weighted by Crippen LogP contribution is -2.11. The maximum Gasteiger partial charge on any atom is 0.127 e. The summed E-state index contributed by atoms with van der Waals surface area (Å²) in [4.78, 5) is 19.6. The summed E-state index contributed by atoms with van der Waals surface area (Å²) in [5, 5.41) is 6.64. The van der Waals surface area contributed by atoms with Crippen LogP contribution in [0.4, 0.5) is 17.2 Å². The van der Waals surface area contributed by atoms with Crippen LogP contribution in [0.25, 0.3) is 11.3 Å². The Hall–Kier alpha value is -3.08. The fraction of sp³-hybridized carbons (Fsp3) is 0.238. The molecule has 5 heteroatoms. The van der Waals surface area contributed by atoms with Crippen LogP contribution in [-0.4, -0.2) is 23.3 Å². The fourth-order valence-electron chi connectivity index (χ4n) is 3.69. The highest BCUT2D eigenvalue weighted by Gasteiger charge is 2.28. The molecule has 1 aliphatic rings. The van der Waals surface area contributed by atoms with Crippen LogP contribution in [0.3, 0.4) is 0 Å². The number of benzene rings is 1. The Morgan fingerprint density at radius 1 is 1.23 bits per heavy atom. The van der Waals surface area contributed by atoms with Crippen molar-refractivity contribution in [2.24, 2.45) is 0 Å². The molecule has 0 saturated heterocycles. The van der Waals surface area contributed by atoms with E-state index in [1.165, 1.54) is 0 Å². The normalized spacial score (nSPS) is 16.0. The Balaban J connectivity index is 1.87. The minimum atomic E-state index is -0.0689. The molecular formula is C21H22N4O. The third kappa shape index (κ3) is 2.96. The molecule has 2 heterocycles. The number of aromatic nitrogens is 2. The molecule has 2 aromatic heterocycles. The fourth-order valence-corrected chi connectivity index (χ4v) is 3.69. The topological polar surface area (TPSA) is 69.8 Å². The van der Waals surface area contributed by atoms with Gasteiger partial charge in [0.05, 0.1) is 11.4 Å². The molecule has 26 heavy (non-hydrogen) atoms. The van der Waals surface area contributed by atoms with E-state index in [9.17, 15) is 4.79 Å². The van der Waals surface area contributed by atoms with Gasteiger partial charge in [0.2, 0.25) is 0 Å². The number of rotatable bonds is 5. The minimum Gasteiger partial charge on any atom is -0.373 e. The largest absolute Gasteiger partial charge is 0.373 e. The van der Waals surface area contributed by atoms with Crippen molar-refractivity contribution in [1.82, 2.24) is 9.97 Å². The number of nitrogens with zero attached hydrogens (tertiary/aromatic N) is 1. The van der Waals surface area contributed by atoms with Gasteiger partial charge >= 0.3 is 0 Å². The first-order valence-electron chi connectivity index (χ1n) is 8.96. The van der Waals surface area contributed by atoms with Crippen LogP contribution in [-0.2, 0) is 11.2 Å². The summed E-state index contributed by atoms with van der Waals surface area (Å²) < 4.78 is 0. The number of anilines is 3. The van der Waals surface area contributed by atoms with Gasteiger partial charge in [-0.15, -0.1) is 0 Å². The number of aryl methyl sites for hydroxylation is 1. The van der Waals surface area contributed by atoms with Gasteiger partial charge in [-0.05, 0) is 43.5 Å². The molecule has 0 fully saturated rings. The number of hydrogen-bond acceptors (Lipinski definition) is 4. The van der Waals surface area contributed by atoms with E-state index >= 15 is 0 Å². The first kappa shape index (κ1) is 16.4. The molecule has 1 unspecified atom stereocenters. The molecule has 0 spiro atoms. The van der Waals surface area contributed by atoms with Crippen molar-refractivity contribution < 1.29 is 4.79 Å². The van der Waals surface area contributed by atoms with Gasteiger partial charge in [0.25, 0.3) is 0 Å². The Morgan fingerprint density at radius 2 is 2.08 bits per heavy atom. The predicted molar refractivity (Wildman–Crippen MR) is 105 cm³/mol. The van der Waals surface area contributed by atoms with Gasteiger partial charge < -0.3 is 20.4 Å². The summed E-state index contributed by atoms with van der Waals surface area (Å²) >= 11 is 0. The zero-order valence-electron chi connectivity index (χ0n) is 14.8. The third-order valence-corrected chi connectivity index (χ3v) is 4.95. The van der Waals surface area contributed by atoms with Crippen LogP contribution in [0, 0.1) is 0 Å². The molecule has 4 rings (SSSR count). The van der Waals surface area contributed by atoms with E-state index in [0.29, 0.717) is 0 Å². The van der Waals surface area contributed by atoms with Crippen LogP contribution in [0.15, 0.2) is 48.7 Å². The Kier molecular flexibility index (Phi) is 4.44. The summed E-state index contributed by atoms with van der Waals surface area (Å²) in [6.45, 7) is 0. The molecule has 0 amide bonds. The second-order valence-corrected chi connectivity index (χ2v) is 6.57. The quantitative estimate of drug-likeness (QED) is 0.596. The molecule has 3 aromatic rings. The molecule has 3 N–H and O–H groups in total. The lowest BCUT2D eigenvalue weighted by Gasteiger charge is -2.20. The van der Waals surface area contributed by atoms with Gasteiger partial charge in [-0.25, -0.2) is 4.98 Å². The second kappa shape index (κ2) is 7.04. The van der Waals surface area contributed by atoms with Crippen molar-refractivity contribution in [3.63, 3.8) is 0 Å². The van der Waals surface area contributed by atoms with Crippen molar-refractivity contribution in [3.8, 4) is 11.3 Å². The molecule has 5 nitrogen and oxygen atoms in total. The van der Waals surface area contributed by atoms with Crippen LogP contribution in [0.2, 0.25) is 0 Å². The lowest BCUT2D eigenvalue weighted by molar-refractivity contribution is -0.109. The number of carbonyl (C=O) groups excluding carboxylic acids is 1. The zero-order chi connectivity index (χ0) is 17.9. The summed E-state index contributed by atoms with van der Waals surface area (Å²) in [5.74, 6) is 0.744. The highest BCUT2D eigenvalue weighted by Crippen LogP contribution is 2.43. The molecule has 132 valence electrons. The summed E-state index contributed by atoms with van der Waals surface area (Å²) in [7, 11) is 1.86. The standard InChI is InChI=1S/C21H22N4O/c1-22-18-12-14(10-11-23-18)20-21(24-16-7-3-2-4-8-16)19-15(13-26)6-5-9-17(19)25-20/h2-4,7-8,10-13,15,24-25H,5-6,9H2,1H3,(H,22,23). The number of nitrogens with one attached hydrogen (secondary N) is 3. The molecule has 0 aliphatic heterocycles. The average molecular weight is 346 g/mol. The highest BCUT2D eigenvalue weighted by atomic mass is 16.1. The Morgan fingerprint density at radius 3 is 2.85 bits per heavy atom. The predicted octanol–water partition coefficient (Wildman–Crippen LogP) is 4.48. The van der Waals surface area contributed by atoms with Crippen LogP contribution < -0.4 is 10.6 Å². The Bertz CT molecular complexity index is 917. The SMILES string of the molecule is CNc1cc(-c2[nH]c3c(c2Nc2ccccc2)C(C=O)CCC3)ccn1. The molecule has 1 atom stereocenters. The van der Waals surface area contributed by atoms with Gasteiger partial charge in [0, 0.05) is 41.7 Å². The smallest absolute Gasteiger partial charge is 0.127 e. The number of hydrogen-bond donors (Lipinski definition) is 3. The highest BCUT2D eigenvalue weighted by molar-refractivity contribution is 5.86. The molecule has 0 radical (unpaired) electrons. The minimum absolute atomic E-state index is 0.0689. The number of H-pyrrole nitrogens is 1. The molecule has 1 aromatic carbocycles. The second-order valence-electron chi connectivity index (χ2n) is 6.57. The summed E-state index contributed by atoms with van der Waals surface area (Å²) in [6.07, 6.45) is 5.77. The molecular weight excluding hydrogens is 324 g/mol. The van der Waals surface area contributed by atoms with E-state index in [1.54, 1.807) is 6.20 Å². The first-order valence-corrected chi connectivity index (χ1v) is 8.96. The maximum atomic E-state index is 11.7. The van der Waals surface area contributed by atoms with Crippen LogP contribution in [0.5, 0.6) is 0 Å². The summed E-state index contributed by atoms with van der Waals surface area (Å²) in [6, 6.07) is 14.1. The Labute approximate surface area is 152 Å². The van der Waals surface area contributed by atoms with E-state index in [2.05, 4.69) is 20.6 Å². The average Bonchev–Trinajstić information content (AvgIpc) is 3.07. The van der Waals surface area contributed by atoms with E-state index in [-0.39, 0.29) is 5.92 Å². The van der Waals surface area contributed by atoms with E-state index < -0.39 is 0 Å². The molecule has 0 saturated carbocycles. The molecule has 0 bridgehead atoms. The number of fused-ring (bicyclic) bond motifs is 1. The van der Waals surface area contributed by atoms with Crippen molar-refractivity contribution in [1.29, 1.82) is 0 Å². The van der Waals surface area contributed by atoms with Crippen LogP contribution >= 0.6 is 0 Å². The maximum absolute atomic E-state index is 11.7. The number of pyridine rings is 1. The van der Waals surface area contributed by atoms with Crippen LogP contribution in [0.1, 0.15) is 30.0 Å². The molecule has 1 aliphatic carbocycles. The van der Waals surface area contributed by atoms with Gasteiger partial charge in [0.1, 0.15) is 12.1 Å². The van der Waals surface area contributed by atoms with Crippen molar-refractivity contribution >= 4 is 23.5 Å². The van der Waals surface area contributed by atoms with Gasteiger partial charge in [0.15, 0.2) is 0 Å². The van der Waals surface area contributed by atoms with E-state index in [4.69, 9.17) is 0 Å². The van der Waals surface area contributed by atoms with E-state index in [1.807, 2.05) is 49.5 Å². The van der Waals surface area contributed by atoms with Gasteiger partial charge in [-0.2, -0.15) is 0 Å². The third-order valence-electron chi connectivity index (χ3n) is 4.95.